The largest absolute Gasteiger partial charge is 0.481 e. The van der Waals surface area contributed by atoms with Gasteiger partial charge in [0.15, 0.2) is 0 Å². The highest BCUT2D eigenvalue weighted by molar-refractivity contribution is 5.70. The molecule has 0 aliphatic rings. The van der Waals surface area contributed by atoms with Gasteiger partial charge in [-0.25, -0.2) is 4.39 Å². The van der Waals surface area contributed by atoms with Gasteiger partial charge >= 0.3 is 5.97 Å². The first-order valence-corrected chi connectivity index (χ1v) is 9.73. The number of hydrogen-bond donors (Lipinski definition) is 1. The molecule has 1 N–H and O–H groups in total. The lowest BCUT2D eigenvalue weighted by atomic mass is 9.93. The van der Waals surface area contributed by atoms with Gasteiger partial charge in [0.25, 0.3) is 0 Å². The molecular formula is C25H25FO2. The molecule has 144 valence electrons. The number of aliphatic carboxylic acids is 1. The van der Waals surface area contributed by atoms with Crippen LogP contribution in [-0.2, 0) is 17.6 Å². The summed E-state index contributed by atoms with van der Waals surface area (Å²) >= 11 is 0. The lowest BCUT2D eigenvalue weighted by molar-refractivity contribution is -0.142. The number of carboxylic acid groups (broad SMARTS) is 1. The molecule has 0 saturated heterocycles. The van der Waals surface area contributed by atoms with Crippen molar-refractivity contribution >= 4 is 5.97 Å². The van der Waals surface area contributed by atoms with Gasteiger partial charge in [0.2, 0.25) is 0 Å². The summed E-state index contributed by atoms with van der Waals surface area (Å²) in [5.41, 5.74) is 4.38. The molecule has 0 fully saturated rings. The van der Waals surface area contributed by atoms with Gasteiger partial charge < -0.3 is 5.11 Å². The van der Waals surface area contributed by atoms with Crippen molar-refractivity contribution in [2.45, 2.75) is 32.1 Å². The fourth-order valence-corrected chi connectivity index (χ4v) is 3.44. The Kier molecular flexibility index (Phi) is 6.96. The Hall–Kier alpha value is -2.94. The van der Waals surface area contributed by atoms with Crippen LogP contribution in [0.25, 0.3) is 11.1 Å². The minimum Gasteiger partial charge on any atom is -0.481 e. The lowest BCUT2D eigenvalue weighted by Gasteiger charge is -2.12. The monoisotopic (exact) mass is 376 g/mol. The number of carboxylic acids is 1. The topological polar surface area (TPSA) is 37.3 Å². The molecule has 0 spiro atoms. The van der Waals surface area contributed by atoms with E-state index in [-0.39, 0.29) is 11.7 Å². The molecule has 0 saturated carbocycles. The van der Waals surface area contributed by atoms with Crippen LogP contribution < -0.4 is 0 Å². The van der Waals surface area contributed by atoms with Gasteiger partial charge in [-0.1, -0.05) is 66.7 Å². The molecule has 0 bridgehead atoms. The molecule has 0 aliphatic heterocycles. The third-order valence-electron chi connectivity index (χ3n) is 5.12. The van der Waals surface area contributed by atoms with Crippen LogP contribution in [0.5, 0.6) is 0 Å². The number of aryl methyl sites for hydroxylation is 2. The quantitative estimate of drug-likeness (QED) is 0.486. The fraction of sp³-hybridized carbons (Fsp3) is 0.240. The van der Waals surface area contributed by atoms with Crippen molar-refractivity contribution < 1.29 is 14.3 Å². The first kappa shape index (κ1) is 19.8. The van der Waals surface area contributed by atoms with Crippen LogP contribution in [0.1, 0.15) is 30.4 Å². The molecule has 28 heavy (non-hydrogen) atoms. The Morgan fingerprint density at radius 3 is 1.93 bits per heavy atom. The molecule has 0 aliphatic carbocycles. The predicted molar refractivity (Wildman–Crippen MR) is 111 cm³/mol. The third-order valence-corrected chi connectivity index (χ3v) is 5.12. The van der Waals surface area contributed by atoms with Gasteiger partial charge in [-0.05, 0) is 66.5 Å². The van der Waals surface area contributed by atoms with E-state index in [1.807, 2.05) is 42.5 Å². The maximum Gasteiger partial charge on any atom is 0.306 e. The van der Waals surface area contributed by atoms with E-state index >= 15 is 0 Å². The van der Waals surface area contributed by atoms with E-state index in [1.165, 1.54) is 17.7 Å². The molecule has 3 heteroatoms. The number of hydrogen-bond acceptors (Lipinski definition) is 1. The Morgan fingerprint density at radius 1 is 0.750 bits per heavy atom. The van der Waals surface area contributed by atoms with Crippen molar-refractivity contribution in [3.05, 3.63) is 95.8 Å². The average molecular weight is 376 g/mol. The molecule has 3 rings (SSSR count). The normalized spacial score (nSPS) is 11.9. The molecule has 2 nitrogen and oxygen atoms in total. The molecule has 3 aromatic carbocycles. The summed E-state index contributed by atoms with van der Waals surface area (Å²) in [4.78, 5) is 11.6. The SMILES string of the molecule is O=C(O)C(CCCc1ccccc1)CCc1ccc(-c2ccc(F)cc2)cc1. The number of carbonyl (C=O) groups is 1. The van der Waals surface area contributed by atoms with Crippen molar-refractivity contribution in [3.63, 3.8) is 0 Å². The standard InChI is InChI=1S/C25H25FO2/c26-24-17-15-22(16-18-24)21-12-9-20(10-13-21)11-14-23(25(27)28)8-4-7-19-5-2-1-3-6-19/h1-3,5-6,9-10,12-13,15-18,23H,4,7-8,11,14H2,(H,27,28). The summed E-state index contributed by atoms with van der Waals surface area (Å²) < 4.78 is 13.0. The zero-order chi connectivity index (χ0) is 19.8. The Morgan fingerprint density at radius 2 is 1.32 bits per heavy atom. The highest BCUT2D eigenvalue weighted by atomic mass is 19.1. The van der Waals surface area contributed by atoms with Crippen molar-refractivity contribution in [2.75, 3.05) is 0 Å². The van der Waals surface area contributed by atoms with E-state index in [2.05, 4.69) is 12.1 Å². The molecule has 3 aromatic rings. The smallest absolute Gasteiger partial charge is 0.306 e. The third kappa shape index (κ3) is 5.78. The lowest BCUT2D eigenvalue weighted by Crippen LogP contribution is -2.15. The van der Waals surface area contributed by atoms with Gasteiger partial charge in [-0.2, -0.15) is 0 Å². The number of halogens is 1. The van der Waals surface area contributed by atoms with E-state index in [0.29, 0.717) is 12.8 Å². The maximum atomic E-state index is 13.0. The zero-order valence-corrected chi connectivity index (χ0v) is 15.9. The van der Waals surface area contributed by atoms with Crippen LogP contribution >= 0.6 is 0 Å². The maximum absolute atomic E-state index is 13.0. The van der Waals surface area contributed by atoms with Crippen LogP contribution in [0.3, 0.4) is 0 Å². The summed E-state index contributed by atoms with van der Waals surface area (Å²) in [6, 6.07) is 24.7. The first-order valence-electron chi connectivity index (χ1n) is 9.73. The second kappa shape index (κ2) is 9.84. The summed E-state index contributed by atoms with van der Waals surface area (Å²) in [6.45, 7) is 0. The highest BCUT2D eigenvalue weighted by Gasteiger charge is 2.17. The van der Waals surface area contributed by atoms with Crippen molar-refractivity contribution in [1.82, 2.24) is 0 Å². The van der Waals surface area contributed by atoms with Crippen LogP contribution in [0.15, 0.2) is 78.9 Å². The summed E-state index contributed by atoms with van der Waals surface area (Å²) in [5.74, 6) is -1.27. The molecule has 0 heterocycles. The van der Waals surface area contributed by atoms with E-state index < -0.39 is 5.97 Å². The van der Waals surface area contributed by atoms with Crippen molar-refractivity contribution in [1.29, 1.82) is 0 Å². The van der Waals surface area contributed by atoms with Gasteiger partial charge in [0.05, 0.1) is 5.92 Å². The van der Waals surface area contributed by atoms with Gasteiger partial charge in [0, 0.05) is 0 Å². The van der Waals surface area contributed by atoms with Crippen molar-refractivity contribution in [3.8, 4) is 11.1 Å². The second-order valence-electron chi connectivity index (χ2n) is 7.16. The first-order chi connectivity index (χ1) is 13.6. The van der Waals surface area contributed by atoms with Crippen LogP contribution in [-0.4, -0.2) is 11.1 Å². The zero-order valence-electron chi connectivity index (χ0n) is 15.9. The Labute approximate surface area is 165 Å². The van der Waals surface area contributed by atoms with Crippen molar-refractivity contribution in [2.24, 2.45) is 5.92 Å². The second-order valence-corrected chi connectivity index (χ2v) is 7.16. The summed E-state index contributed by atoms with van der Waals surface area (Å²) in [5, 5.41) is 9.53. The van der Waals surface area contributed by atoms with Crippen LogP contribution in [0, 0.1) is 11.7 Å². The average Bonchev–Trinajstić information content (AvgIpc) is 2.72. The molecule has 1 atom stereocenters. The molecule has 1 unspecified atom stereocenters. The summed E-state index contributed by atoms with van der Waals surface area (Å²) in [7, 11) is 0. The molecule has 0 radical (unpaired) electrons. The number of rotatable bonds is 9. The Bertz CT molecular complexity index is 871. The van der Waals surface area contributed by atoms with E-state index in [9.17, 15) is 14.3 Å². The Balaban J connectivity index is 1.51. The van der Waals surface area contributed by atoms with Gasteiger partial charge in [-0.3, -0.25) is 4.79 Å². The number of benzene rings is 3. The van der Waals surface area contributed by atoms with E-state index in [0.717, 1.165) is 36.0 Å². The fourth-order valence-electron chi connectivity index (χ4n) is 3.44. The van der Waals surface area contributed by atoms with Gasteiger partial charge in [-0.15, -0.1) is 0 Å². The summed E-state index contributed by atoms with van der Waals surface area (Å²) in [6.07, 6.45) is 3.87. The molecular weight excluding hydrogens is 351 g/mol. The van der Waals surface area contributed by atoms with Crippen LogP contribution in [0.2, 0.25) is 0 Å². The van der Waals surface area contributed by atoms with Gasteiger partial charge in [0.1, 0.15) is 5.82 Å². The predicted octanol–water partition coefficient (Wildman–Crippen LogP) is 6.15. The highest BCUT2D eigenvalue weighted by Crippen LogP contribution is 2.22. The minimum absolute atomic E-state index is 0.243. The van der Waals surface area contributed by atoms with E-state index in [1.54, 1.807) is 12.1 Å². The van der Waals surface area contributed by atoms with E-state index in [4.69, 9.17) is 0 Å². The van der Waals surface area contributed by atoms with Crippen LogP contribution in [0.4, 0.5) is 4.39 Å². The minimum atomic E-state index is -0.712. The molecule has 0 amide bonds. The molecule has 0 aromatic heterocycles.